The summed E-state index contributed by atoms with van der Waals surface area (Å²) in [7, 11) is 0. The standard InChI is InChI=1S/C13H8F4N2O2/c14-9-2-1-3-10(8(9)4-5-12(20)21)19-7-6-11(18-19)13(15,16)17/h1-7H,(H,20,21)/b5-4+. The molecule has 2 aromatic rings. The molecule has 21 heavy (non-hydrogen) atoms. The summed E-state index contributed by atoms with van der Waals surface area (Å²) < 4.78 is 52.1. The first kappa shape index (κ1) is 14.8. The van der Waals surface area contributed by atoms with Gasteiger partial charge >= 0.3 is 12.1 Å². The number of alkyl halides is 3. The van der Waals surface area contributed by atoms with Crippen LogP contribution in [0.4, 0.5) is 17.6 Å². The van der Waals surface area contributed by atoms with Gasteiger partial charge in [0.15, 0.2) is 5.69 Å². The Kier molecular flexibility index (Phi) is 3.79. The Morgan fingerprint density at radius 3 is 2.57 bits per heavy atom. The maximum atomic E-state index is 13.7. The predicted octanol–water partition coefficient (Wildman–Crippen LogP) is 3.13. The van der Waals surface area contributed by atoms with Gasteiger partial charge in [0.25, 0.3) is 0 Å². The van der Waals surface area contributed by atoms with Crippen molar-refractivity contribution in [1.82, 2.24) is 9.78 Å². The number of nitrogens with zero attached hydrogens (tertiary/aromatic N) is 2. The van der Waals surface area contributed by atoms with E-state index >= 15 is 0 Å². The van der Waals surface area contributed by atoms with E-state index in [-0.39, 0.29) is 11.3 Å². The summed E-state index contributed by atoms with van der Waals surface area (Å²) in [5.74, 6) is -2.07. The SMILES string of the molecule is O=C(O)/C=C/c1c(F)cccc1-n1ccc(C(F)(F)F)n1. The van der Waals surface area contributed by atoms with E-state index in [0.29, 0.717) is 6.08 Å². The molecular weight excluding hydrogens is 292 g/mol. The maximum absolute atomic E-state index is 13.7. The van der Waals surface area contributed by atoms with Crippen molar-refractivity contribution in [3.05, 3.63) is 53.6 Å². The first-order valence-corrected chi connectivity index (χ1v) is 5.62. The van der Waals surface area contributed by atoms with Gasteiger partial charge in [-0.2, -0.15) is 18.3 Å². The first-order valence-electron chi connectivity index (χ1n) is 5.62. The molecule has 0 fully saturated rings. The van der Waals surface area contributed by atoms with Crippen molar-refractivity contribution in [3.63, 3.8) is 0 Å². The zero-order chi connectivity index (χ0) is 15.6. The lowest BCUT2D eigenvalue weighted by Gasteiger charge is -2.07. The van der Waals surface area contributed by atoms with Crippen LogP contribution in [0.15, 0.2) is 36.5 Å². The molecule has 8 heteroatoms. The average molecular weight is 300 g/mol. The van der Waals surface area contributed by atoms with Crippen molar-refractivity contribution in [1.29, 1.82) is 0 Å². The van der Waals surface area contributed by atoms with Crippen LogP contribution in [0.25, 0.3) is 11.8 Å². The third kappa shape index (κ3) is 3.28. The van der Waals surface area contributed by atoms with Crippen molar-refractivity contribution < 1.29 is 27.5 Å². The highest BCUT2D eigenvalue weighted by Gasteiger charge is 2.33. The molecule has 0 aliphatic carbocycles. The van der Waals surface area contributed by atoms with Gasteiger partial charge in [0.05, 0.1) is 5.69 Å². The summed E-state index contributed by atoms with van der Waals surface area (Å²) in [4.78, 5) is 10.5. The zero-order valence-electron chi connectivity index (χ0n) is 10.3. The molecular formula is C13H8F4N2O2. The molecule has 1 aromatic heterocycles. The van der Waals surface area contributed by atoms with Crippen molar-refractivity contribution in [2.45, 2.75) is 6.18 Å². The van der Waals surface area contributed by atoms with E-state index in [2.05, 4.69) is 5.10 Å². The zero-order valence-corrected chi connectivity index (χ0v) is 10.3. The molecule has 0 saturated carbocycles. The van der Waals surface area contributed by atoms with Gasteiger partial charge in [-0.15, -0.1) is 0 Å². The third-order valence-corrected chi connectivity index (χ3v) is 2.55. The van der Waals surface area contributed by atoms with Gasteiger partial charge in [-0.25, -0.2) is 13.9 Å². The van der Waals surface area contributed by atoms with Gasteiger partial charge in [0.2, 0.25) is 0 Å². The lowest BCUT2D eigenvalue weighted by atomic mass is 10.1. The van der Waals surface area contributed by atoms with Crippen LogP contribution in [0.5, 0.6) is 0 Å². The quantitative estimate of drug-likeness (QED) is 0.700. The van der Waals surface area contributed by atoms with Crippen LogP contribution in [0, 0.1) is 5.82 Å². The number of carbonyl (C=O) groups is 1. The topological polar surface area (TPSA) is 55.1 Å². The molecule has 0 unspecified atom stereocenters. The largest absolute Gasteiger partial charge is 0.478 e. The molecule has 0 spiro atoms. The summed E-state index contributed by atoms with van der Waals surface area (Å²) in [5.41, 5.74) is -1.29. The fraction of sp³-hybridized carbons (Fsp3) is 0.0769. The van der Waals surface area contributed by atoms with Crippen LogP contribution in [0.2, 0.25) is 0 Å². The molecule has 1 aromatic carbocycles. The minimum atomic E-state index is -4.62. The van der Waals surface area contributed by atoms with Crippen LogP contribution >= 0.6 is 0 Å². The number of hydrogen-bond donors (Lipinski definition) is 1. The van der Waals surface area contributed by atoms with E-state index < -0.39 is 23.7 Å². The molecule has 0 saturated heterocycles. The van der Waals surface area contributed by atoms with E-state index in [0.717, 1.165) is 29.1 Å². The van der Waals surface area contributed by atoms with Crippen LogP contribution in [0.1, 0.15) is 11.3 Å². The minimum absolute atomic E-state index is 0.00278. The second kappa shape index (κ2) is 5.39. The molecule has 1 N–H and O–H groups in total. The Bertz CT molecular complexity index is 704. The van der Waals surface area contributed by atoms with E-state index in [1.807, 2.05) is 0 Å². The summed E-state index contributed by atoms with van der Waals surface area (Å²) in [6.07, 6.45) is -1.94. The number of benzene rings is 1. The van der Waals surface area contributed by atoms with Gasteiger partial charge in [-0.05, 0) is 24.3 Å². The van der Waals surface area contributed by atoms with Crippen LogP contribution in [-0.2, 0) is 11.0 Å². The van der Waals surface area contributed by atoms with Gasteiger partial charge in [-0.3, -0.25) is 0 Å². The highest BCUT2D eigenvalue weighted by atomic mass is 19.4. The third-order valence-electron chi connectivity index (χ3n) is 2.55. The Balaban J connectivity index is 2.51. The van der Waals surface area contributed by atoms with Crippen molar-refractivity contribution in [3.8, 4) is 5.69 Å². The second-order valence-electron chi connectivity index (χ2n) is 3.99. The molecule has 0 amide bonds. The number of carboxylic acid groups (broad SMARTS) is 1. The number of hydrogen-bond acceptors (Lipinski definition) is 2. The Labute approximate surface area is 115 Å². The van der Waals surface area contributed by atoms with Crippen LogP contribution < -0.4 is 0 Å². The summed E-state index contributed by atoms with van der Waals surface area (Å²) in [6.45, 7) is 0. The van der Waals surface area contributed by atoms with Crippen LogP contribution in [0.3, 0.4) is 0 Å². The Morgan fingerprint density at radius 1 is 1.29 bits per heavy atom. The normalized spacial score (nSPS) is 12.0. The first-order chi connectivity index (χ1) is 9.79. The highest BCUT2D eigenvalue weighted by molar-refractivity contribution is 5.86. The van der Waals surface area contributed by atoms with Gasteiger partial charge in [0, 0.05) is 17.8 Å². The van der Waals surface area contributed by atoms with Crippen molar-refractivity contribution >= 4 is 12.0 Å². The number of rotatable bonds is 3. The summed E-state index contributed by atoms with van der Waals surface area (Å²) in [5, 5.41) is 11.9. The molecule has 1 heterocycles. The lowest BCUT2D eigenvalue weighted by molar-refractivity contribution is -0.141. The van der Waals surface area contributed by atoms with E-state index in [1.165, 1.54) is 12.1 Å². The molecule has 0 radical (unpaired) electrons. The summed E-state index contributed by atoms with van der Waals surface area (Å²) in [6, 6.07) is 4.43. The molecule has 0 bridgehead atoms. The Morgan fingerprint density at radius 2 is 2.00 bits per heavy atom. The smallest absolute Gasteiger partial charge is 0.435 e. The van der Waals surface area contributed by atoms with Gasteiger partial charge in [0.1, 0.15) is 5.82 Å². The maximum Gasteiger partial charge on any atom is 0.435 e. The Hall–Kier alpha value is -2.64. The molecule has 4 nitrogen and oxygen atoms in total. The molecule has 0 aliphatic rings. The number of carboxylic acids is 1. The number of aromatic nitrogens is 2. The fourth-order valence-corrected chi connectivity index (χ4v) is 1.65. The number of halogens is 4. The van der Waals surface area contributed by atoms with E-state index in [9.17, 15) is 22.4 Å². The van der Waals surface area contributed by atoms with Crippen molar-refractivity contribution in [2.24, 2.45) is 0 Å². The molecule has 110 valence electrons. The minimum Gasteiger partial charge on any atom is -0.478 e. The molecule has 0 atom stereocenters. The molecule has 2 rings (SSSR count). The van der Waals surface area contributed by atoms with Crippen molar-refractivity contribution in [2.75, 3.05) is 0 Å². The fourth-order valence-electron chi connectivity index (χ4n) is 1.65. The number of aliphatic carboxylic acids is 1. The van der Waals surface area contributed by atoms with Crippen LogP contribution in [-0.4, -0.2) is 20.9 Å². The van der Waals surface area contributed by atoms with E-state index in [4.69, 9.17) is 5.11 Å². The highest BCUT2D eigenvalue weighted by Crippen LogP contribution is 2.28. The lowest BCUT2D eigenvalue weighted by Crippen LogP contribution is -2.08. The second-order valence-corrected chi connectivity index (χ2v) is 3.99. The predicted molar refractivity (Wildman–Crippen MR) is 65.2 cm³/mol. The molecule has 0 aliphatic heterocycles. The summed E-state index contributed by atoms with van der Waals surface area (Å²) >= 11 is 0. The van der Waals surface area contributed by atoms with Gasteiger partial charge < -0.3 is 5.11 Å². The average Bonchev–Trinajstić information content (AvgIpc) is 2.86. The monoisotopic (exact) mass is 300 g/mol. The van der Waals surface area contributed by atoms with E-state index in [1.54, 1.807) is 0 Å². The van der Waals surface area contributed by atoms with Gasteiger partial charge in [-0.1, -0.05) is 6.07 Å².